The number of amides is 1. The summed E-state index contributed by atoms with van der Waals surface area (Å²) in [5.74, 6) is 0.645. The molecule has 1 aliphatic heterocycles. The Bertz CT molecular complexity index is 1420. The lowest BCUT2D eigenvalue weighted by Crippen LogP contribution is -2.17. The van der Waals surface area contributed by atoms with Crippen molar-refractivity contribution in [2.75, 3.05) is 18.5 Å². The van der Waals surface area contributed by atoms with Gasteiger partial charge in [0.15, 0.2) is 11.5 Å². The molecular weight excluding hydrogens is 442 g/mol. The van der Waals surface area contributed by atoms with E-state index in [0.29, 0.717) is 48.2 Å². The van der Waals surface area contributed by atoms with Crippen molar-refractivity contribution in [3.05, 3.63) is 96.0 Å². The van der Waals surface area contributed by atoms with E-state index >= 15 is 0 Å². The number of carbonyl (C=O) groups is 1. The molecule has 35 heavy (non-hydrogen) atoms. The van der Waals surface area contributed by atoms with Gasteiger partial charge >= 0.3 is 0 Å². The number of benzene rings is 2. The minimum Gasteiger partial charge on any atom is -0.486 e. The summed E-state index contributed by atoms with van der Waals surface area (Å²) in [6.07, 6.45) is 6.75. The number of aromatic nitrogens is 3. The fourth-order valence-electron chi connectivity index (χ4n) is 3.74. The van der Waals surface area contributed by atoms with Crippen LogP contribution < -0.4 is 14.8 Å². The summed E-state index contributed by atoms with van der Waals surface area (Å²) in [5.41, 5.74) is 3.60. The number of hydrogen-bond acceptors (Lipinski definition) is 6. The van der Waals surface area contributed by atoms with Crippen LogP contribution >= 0.6 is 0 Å². The maximum absolute atomic E-state index is 12.9. The fourth-order valence-corrected chi connectivity index (χ4v) is 3.74. The fraction of sp³-hybridized carbons (Fsp3) is 0.111. The number of nitrogens with zero attached hydrogens (tertiary/aromatic N) is 4. The number of ether oxygens (including phenoxy) is 2. The molecule has 1 amide bonds. The smallest absolute Gasteiger partial charge is 0.266 e. The number of pyridine rings is 1. The molecule has 0 bridgehead atoms. The predicted octanol–water partition coefficient (Wildman–Crippen LogP) is 4.31. The maximum atomic E-state index is 12.9. The van der Waals surface area contributed by atoms with E-state index in [2.05, 4.69) is 10.3 Å². The minimum atomic E-state index is -0.530. The molecule has 0 fully saturated rings. The van der Waals surface area contributed by atoms with Gasteiger partial charge in [-0.05, 0) is 35.9 Å². The zero-order valence-corrected chi connectivity index (χ0v) is 18.7. The van der Waals surface area contributed by atoms with Crippen LogP contribution in [0.4, 0.5) is 5.69 Å². The molecular formula is C27H21N5O3. The largest absolute Gasteiger partial charge is 0.486 e. The van der Waals surface area contributed by atoms with Crippen LogP contribution in [0.25, 0.3) is 17.3 Å². The summed E-state index contributed by atoms with van der Waals surface area (Å²) in [6.45, 7) is 1.47. The normalized spacial score (nSPS) is 12.6. The molecule has 3 heterocycles. The second-order valence-corrected chi connectivity index (χ2v) is 7.84. The van der Waals surface area contributed by atoms with Crippen molar-refractivity contribution in [3.63, 3.8) is 0 Å². The summed E-state index contributed by atoms with van der Waals surface area (Å²) in [7, 11) is 0. The second kappa shape index (κ2) is 9.93. The molecule has 172 valence electrons. The van der Waals surface area contributed by atoms with Gasteiger partial charge in [0.2, 0.25) is 0 Å². The molecule has 0 radical (unpaired) electrons. The summed E-state index contributed by atoms with van der Waals surface area (Å²) in [6, 6.07) is 20.8. The second-order valence-electron chi connectivity index (χ2n) is 7.84. The molecule has 0 spiro atoms. The highest BCUT2D eigenvalue weighted by Gasteiger charge is 2.17. The molecule has 8 nitrogen and oxygen atoms in total. The third-order valence-electron chi connectivity index (χ3n) is 5.38. The molecule has 0 atom stereocenters. The van der Waals surface area contributed by atoms with E-state index in [1.807, 2.05) is 54.7 Å². The molecule has 2 aromatic carbocycles. The van der Waals surface area contributed by atoms with Crippen molar-refractivity contribution in [1.82, 2.24) is 14.8 Å². The minimum absolute atomic E-state index is 0.0516. The summed E-state index contributed by atoms with van der Waals surface area (Å²) in [5, 5.41) is 17.2. The first kappa shape index (κ1) is 21.9. The number of nitriles is 1. The van der Waals surface area contributed by atoms with E-state index in [4.69, 9.17) is 14.6 Å². The Kier molecular flexibility index (Phi) is 6.22. The molecule has 1 N–H and O–H groups in total. The van der Waals surface area contributed by atoms with Crippen molar-refractivity contribution in [3.8, 4) is 28.8 Å². The zero-order chi connectivity index (χ0) is 24.0. The number of rotatable bonds is 6. The molecule has 5 rings (SSSR count). The van der Waals surface area contributed by atoms with Crippen molar-refractivity contribution in [1.29, 1.82) is 5.26 Å². The number of carbonyl (C=O) groups excluding carboxylic acids is 1. The Balaban J connectivity index is 1.45. The van der Waals surface area contributed by atoms with Gasteiger partial charge in [-0.1, -0.05) is 30.3 Å². The number of nitrogens with one attached hydrogen (secondary N) is 1. The monoisotopic (exact) mass is 463 g/mol. The van der Waals surface area contributed by atoms with Crippen LogP contribution in [0, 0.1) is 11.3 Å². The molecule has 0 aliphatic carbocycles. The average molecular weight is 463 g/mol. The van der Waals surface area contributed by atoms with Crippen LogP contribution in [0.5, 0.6) is 11.5 Å². The van der Waals surface area contributed by atoms with Gasteiger partial charge in [0.25, 0.3) is 5.91 Å². The van der Waals surface area contributed by atoms with Crippen LogP contribution in [0.3, 0.4) is 0 Å². The molecule has 4 aromatic rings. The highest BCUT2D eigenvalue weighted by Crippen LogP contribution is 2.33. The Hall–Kier alpha value is -4.90. The van der Waals surface area contributed by atoms with Gasteiger partial charge in [0.05, 0.1) is 6.54 Å². The number of hydrogen-bond donors (Lipinski definition) is 1. The molecule has 1 aliphatic rings. The molecule has 8 heteroatoms. The van der Waals surface area contributed by atoms with Crippen LogP contribution in [0.15, 0.2) is 84.8 Å². The van der Waals surface area contributed by atoms with Crippen molar-refractivity contribution in [2.45, 2.75) is 6.54 Å². The highest BCUT2D eigenvalue weighted by molar-refractivity contribution is 6.10. The third kappa shape index (κ3) is 5.04. The van der Waals surface area contributed by atoms with E-state index < -0.39 is 5.91 Å². The maximum Gasteiger partial charge on any atom is 0.266 e. The van der Waals surface area contributed by atoms with Gasteiger partial charge in [-0.2, -0.15) is 10.4 Å². The lowest BCUT2D eigenvalue weighted by molar-refractivity contribution is -0.112. The molecule has 2 aromatic heterocycles. The van der Waals surface area contributed by atoms with Gasteiger partial charge in [0.1, 0.15) is 30.6 Å². The quantitative estimate of drug-likeness (QED) is 0.338. The van der Waals surface area contributed by atoms with Crippen LogP contribution in [0.1, 0.15) is 11.1 Å². The Morgan fingerprint density at radius 1 is 1.09 bits per heavy atom. The first-order valence-electron chi connectivity index (χ1n) is 11.0. The standard InChI is InChI=1S/C27H21N5O3/c28-15-21(27(33)30-23-8-9-24-25(14-23)35-12-11-34-24)13-22-18-32(17-19-5-2-1-3-6-19)31-26(22)20-7-4-10-29-16-20/h1-10,13-14,16,18H,11-12,17H2,(H,30,33)/b21-13+. The van der Waals surface area contributed by atoms with Gasteiger partial charge in [0, 0.05) is 41.5 Å². The first-order chi connectivity index (χ1) is 17.2. The highest BCUT2D eigenvalue weighted by atomic mass is 16.6. The van der Waals surface area contributed by atoms with E-state index in [9.17, 15) is 10.1 Å². The van der Waals surface area contributed by atoms with Crippen LogP contribution in [-0.2, 0) is 11.3 Å². The van der Waals surface area contributed by atoms with E-state index in [1.54, 1.807) is 41.4 Å². The molecule has 0 saturated carbocycles. The average Bonchev–Trinajstić information content (AvgIpc) is 3.30. The topological polar surface area (TPSA) is 102 Å². The van der Waals surface area contributed by atoms with E-state index in [-0.39, 0.29) is 5.57 Å². The first-order valence-corrected chi connectivity index (χ1v) is 11.0. The van der Waals surface area contributed by atoms with E-state index in [0.717, 1.165) is 11.1 Å². The SMILES string of the molecule is N#C/C(=C\c1cn(Cc2ccccc2)nc1-c1cccnc1)C(=O)Nc1ccc2c(c1)OCCO2. The van der Waals surface area contributed by atoms with Gasteiger partial charge < -0.3 is 14.8 Å². The van der Waals surface area contributed by atoms with Gasteiger partial charge in [-0.3, -0.25) is 14.5 Å². The summed E-state index contributed by atoms with van der Waals surface area (Å²) >= 11 is 0. The summed E-state index contributed by atoms with van der Waals surface area (Å²) in [4.78, 5) is 17.1. The summed E-state index contributed by atoms with van der Waals surface area (Å²) < 4.78 is 12.9. The van der Waals surface area contributed by atoms with Crippen molar-refractivity contribution in [2.24, 2.45) is 0 Å². The van der Waals surface area contributed by atoms with E-state index in [1.165, 1.54) is 0 Å². The zero-order valence-electron chi connectivity index (χ0n) is 18.7. The van der Waals surface area contributed by atoms with Gasteiger partial charge in [-0.15, -0.1) is 0 Å². The third-order valence-corrected chi connectivity index (χ3v) is 5.38. The lowest BCUT2D eigenvalue weighted by Gasteiger charge is -2.18. The Morgan fingerprint density at radius 3 is 2.69 bits per heavy atom. The number of fused-ring (bicyclic) bond motifs is 1. The van der Waals surface area contributed by atoms with Crippen molar-refractivity contribution < 1.29 is 14.3 Å². The molecule has 0 unspecified atom stereocenters. The Morgan fingerprint density at radius 2 is 1.91 bits per heavy atom. The molecule has 0 saturated heterocycles. The van der Waals surface area contributed by atoms with Crippen molar-refractivity contribution >= 4 is 17.7 Å². The lowest BCUT2D eigenvalue weighted by atomic mass is 10.1. The van der Waals surface area contributed by atoms with Crippen LogP contribution in [0.2, 0.25) is 0 Å². The van der Waals surface area contributed by atoms with Gasteiger partial charge in [-0.25, -0.2) is 0 Å². The predicted molar refractivity (Wildman–Crippen MR) is 131 cm³/mol. The van der Waals surface area contributed by atoms with Crippen LogP contribution in [-0.4, -0.2) is 33.9 Å². The number of anilines is 1. The Labute approximate surface area is 202 Å².